The van der Waals surface area contributed by atoms with Gasteiger partial charge in [-0.15, -0.1) is 16.4 Å². The second-order valence-electron chi connectivity index (χ2n) is 7.45. The van der Waals surface area contributed by atoms with E-state index in [9.17, 15) is 13.2 Å². The average molecular weight is 481 g/mol. The lowest BCUT2D eigenvalue weighted by atomic mass is 10.0. The Morgan fingerprint density at radius 3 is 2.55 bits per heavy atom. The van der Waals surface area contributed by atoms with Gasteiger partial charge in [0, 0.05) is 23.5 Å². The van der Waals surface area contributed by atoms with Crippen molar-refractivity contribution >= 4 is 44.9 Å². The molecule has 0 unspecified atom stereocenters. The third kappa shape index (κ3) is 5.15. The maximum absolute atomic E-state index is 12.8. The van der Waals surface area contributed by atoms with Gasteiger partial charge in [0.1, 0.15) is 0 Å². The van der Waals surface area contributed by atoms with Gasteiger partial charge in [-0.25, -0.2) is 8.42 Å². The molecule has 0 radical (unpaired) electrons. The summed E-state index contributed by atoms with van der Waals surface area (Å²) in [5.41, 5.74) is 0.288. The summed E-state index contributed by atoms with van der Waals surface area (Å²) < 4.78 is 33.2. The number of halogens is 1. The summed E-state index contributed by atoms with van der Waals surface area (Å²) in [6.07, 6.45) is 2.12. The minimum atomic E-state index is -3.56. The van der Waals surface area contributed by atoms with Crippen molar-refractivity contribution in [2.75, 3.05) is 18.4 Å². The first-order chi connectivity index (χ1) is 14.8. The predicted molar refractivity (Wildman–Crippen MR) is 118 cm³/mol. The fourth-order valence-electron chi connectivity index (χ4n) is 3.29. The molecule has 1 N–H and O–H groups in total. The molecule has 3 aromatic rings. The molecule has 1 aromatic carbocycles. The number of carbonyl (C=O) groups is 1. The summed E-state index contributed by atoms with van der Waals surface area (Å²) in [6, 6.07) is 9.47. The third-order valence-electron chi connectivity index (χ3n) is 5.14. The van der Waals surface area contributed by atoms with E-state index < -0.39 is 15.9 Å². The van der Waals surface area contributed by atoms with Crippen LogP contribution in [0.2, 0.25) is 4.34 Å². The summed E-state index contributed by atoms with van der Waals surface area (Å²) in [4.78, 5) is 13.6. The molecule has 0 saturated carbocycles. The first-order valence-electron chi connectivity index (χ1n) is 9.79. The fourth-order valence-corrected chi connectivity index (χ4v) is 5.84. The molecule has 1 fully saturated rings. The van der Waals surface area contributed by atoms with Crippen LogP contribution in [0.1, 0.15) is 40.9 Å². The number of rotatable bonds is 6. The minimum absolute atomic E-state index is 0.0261. The van der Waals surface area contributed by atoms with Gasteiger partial charge in [-0.2, -0.15) is 4.31 Å². The molecule has 0 aliphatic carbocycles. The lowest BCUT2D eigenvalue weighted by Gasteiger charge is -2.29. The molecule has 1 aliphatic heterocycles. The molecular weight excluding hydrogens is 460 g/mol. The highest BCUT2D eigenvalue weighted by Gasteiger charge is 2.28. The van der Waals surface area contributed by atoms with Crippen LogP contribution in [-0.4, -0.2) is 41.9 Å². The van der Waals surface area contributed by atoms with Gasteiger partial charge < -0.3 is 4.42 Å². The zero-order valence-corrected chi connectivity index (χ0v) is 19.1. The van der Waals surface area contributed by atoms with Crippen LogP contribution in [0.5, 0.6) is 0 Å². The van der Waals surface area contributed by atoms with Crippen LogP contribution in [0, 0.1) is 5.92 Å². The highest BCUT2D eigenvalue weighted by atomic mass is 35.5. The number of hydrogen-bond donors (Lipinski definition) is 1. The largest absolute Gasteiger partial charge is 0.407 e. The Bertz CT molecular complexity index is 1170. The smallest absolute Gasteiger partial charge is 0.322 e. The number of thiophene rings is 1. The zero-order valence-electron chi connectivity index (χ0n) is 16.7. The normalized spacial score (nSPS) is 15.8. The fraction of sp³-hybridized carbons (Fsp3) is 0.350. The van der Waals surface area contributed by atoms with E-state index in [0.29, 0.717) is 35.7 Å². The Morgan fingerprint density at radius 2 is 1.90 bits per heavy atom. The van der Waals surface area contributed by atoms with Crippen molar-refractivity contribution in [2.45, 2.75) is 31.1 Å². The molecule has 11 heteroatoms. The Hall–Kier alpha value is -2.27. The molecule has 0 bridgehead atoms. The van der Waals surface area contributed by atoms with Crippen molar-refractivity contribution in [3.8, 4) is 0 Å². The number of anilines is 1. The molecule has 164 valence electrons. The first-order valence-corrected chi connectivity index (χ1v) is 12.4. The molecule has 4 rings (SSSR count). The van der Waals surface area contributed by atoms with Gasteiger partial charge in [0.05, 0.1) is 15.7 Å². The lowest BCUT2D eigenvalue weighted by molar-refractivity contribution is 0.102. The number of aromatic nitrogens is 2. The number of benzene rings is 1. The Kier molecular flexibility index (Phi) is 6.42. The molecule has 1 aliphatic rings. The summed E-state index contributed by atoms with van der Waals surface area (Å²) in [5, 5.41) is 10.3. The van der Waals surface area contributed by atoms with E-state index in [1.807, 2.05) is 6.07 Å². The maximum Gasteiger partial charge on any atom is 0.322 e. The standard InChI is InChI=1S/C20H21ClN4O4S2/c1-13-8-10-25(11-9-13)31(27,28)16-5-2-14(3-6-16)19(26)22-20-24-23-18(29-20)12-15-4-7-17(21)30-15/h2-7,13H,8-12H2,1H3,(H,22,24,26). The lowest BCUT2D eigenvalue weighted by Crippen LogP contribution is -2.37. The molecule has 2 aromatic heterocycles. The van der Waals surface area contributed by atoms with Crippen LogP contribution < -0.4 is 5.32 Å². The van der Waals surface area contributed by atoms with Gasteiger partial charge in [0.15, 0.2) is 0 Å². The molecule has 1 amide bonds. The summed E-state index contributed by atoms with van der Waals surface area (Å²) in [7, 11) is -3.56. The third-order valence-corrected chi connectivity index (χ3v) is 8.28. The Morgan fingerprint density at radius 1 is 1.19 bits per heavy atom. The van der Waals surface area contributed by atoms with Gasteiger partial charge >= 0.3 is 6.01 Å². The summed E-state index contributed by atoms with van der Waals surface area (Å²) in [6.45, 7) is 3.16. The van der Waals surface area contributed by atoms with E-state index in [4.69, 9.17) is 16.0 Å². The van der Waals surface area contributed by atoms with Crippen molar-refractivity contribution in [3.05, 3.63) is 57.1 Å². The monoisotopic (exact) mass is 480 g/mol. The van der Waals surface area contributed by atoms with E-state index in [2.05, 4.69) is 22.4 Å². The Labute approximate surface area is 189 Å². The van der Waals surface area contributed by atoms with E-state index in [1.165, 1.54) is 39.9 Å². The molecule has 1 saturated heterocycles. The molecule has 31 heavy (non-hydrogen) atoms. The second kappa shape index (κ2) is 9.07. The van der Waals surface area contributed by atoms with E-state index in [0.717, 1.165) is 17.7 Å². The van der Waals surface area contributed by atoms with Gasteiger partial charge in [0.2, 0.25) is 15.9 Å². The number of hydrogen-bond acceptors (Lipinski definition) is 7. The number of piperidine rings is 1. The van der Waals surface area contributed by atoms with Crippen LogP contribution in [-0.2, 0) is 16.4 Å². The minimum Gasteiger partial charge on any atom is -0.407 e. The average Bonchev–Trinajstić information content (AvgIpc) is 3.37. The molecular formula is C20H21ClN4O4S2. The van der Waals surface area contributed by atoms with Gasteiger partial charge in [-0.3, -0.25) is 10.1 Å². The topological polar surface area (TPSA) is 105 Å². The van der Waals surface area contributed by atoms with E-state index >= 15 is 0 Å². The molecule has 8 nitrogen and oxygen atoms in total. The quantitative estimate of drug-likeness (QED) is 0.570. The number of nitrogens with one attached hydrogen (secondary N) is 1. The number of nitrogens with zero attached hydrogens (tertiary/aromatic N) is 3. The zero-order chi connectivity index (χ0) is 22.0. The predicted octanol–water partition coefficient (Wildman–Crippen LogP) is 4.05. The second-order valence-corrected chi connectivity index (χ2v) is 11.2. The number of amides is 1. The molecule has 0 spiro atoms. The van der Waals surface area contributed by atoms with Crippen molar-refractivity contribution in [2.24, 2.45) is 5.92 Å². The van der Waals surface area contributed by atoms with Crippen molar-refractivity contribution < 1.29 is 17.6 Å². The number of carbonyl (C=O) groups excluding carboxylic acids is 1. The van der Waals surface area contributed by atoms with Crippen LogP contribution in [0.15, 0.2) is 45.7 Å². The highest BCUT2D eigenvalue weighted by Crippen LogP contribution is 2.25. The van der Waals surface area contributed by atoms with Crippen LogP contribution in [0.4, 0.5) is 6.01 Å². The molecule has 0 atom stereocenters. The summed E-state index contributed by atoms with van der Waals surface area (Å²) >= 11 is 7.33. The van der Waals surface area contributed by atoms with E-state index in [1.54, 1.807) is 6.07 Å². The maximum atomic E-state index is 12.8. The highest BCUT2D eigenvalue weighted by molar-refractivity contribution is 7.89. The van der Waals surface area contributed by atoms with Crippen molar-refractivity contribution in [3.63, 3.8) is 0 Å². The Balaban J connectivity index is 1.39. The van der Waals surface area contributed by atoms with Crippen LogP contribution >= 0.6 is 22.9 Å². The van der Waals surface area contributed by atoms with E-state index in [-0.39, 0.29) is 16.5 Å². The summed E-state index contributed by atoms with van der Waals surface area (Å²) in [5.74, 6) is 0.419. The van der Waals surface area contributed by atoms with Crippen LogP contribution in [0.3, 0.4) is 0 Å². The van der Waals surface area contributed by atoms with Gasteiger partial charge in [-0.05, 0) is 55.2 Å². The van der Waals surface area contributed by atoms with Crippen LogP contribution in [0.25, 0.3) is 0 Å². The SMILES string of the molecule is CC1CCN(S(=O)(=O)c2ccc(C(=O)Nc3nnc(Cc4ccc(Cl)s4)o3)cc2)CC1. The van der Waals surface area contributed by atoms with Crippen molar-refractivity contribution in [1.29, 1.82) is 0 Å². The number of sulfonamides is 1. The first kappa shape index (κ1) is 21.9. The van der Waals surface area contributed by atoms with Gasteiger partial charge in [0.25, 0.3) is 5.91 Å². The van der Waals surface area contributed by atoms with Crippen molar-refractivity contribution in [1.82, 2.24) is 14.5 Å². The van der Waals surface area contributed by atoms with Gasteiger partial charge in [-0.1, -0.05) is 23.6 Å². The molecule has 3 heterocycles.